The highest BCUT2D eigenvalue weighted by molar-refractivity contribution is 7.12. The van der Waals surface area contributed by atoms with E-state index in [2.05, 4.69) is 5.32 Å². The molecule has 1 aliphatic rings. The topological polar surface area (TPSA) is 49.4 Å². The van der Waals surface area contributed by atoms with Crippen LogP contribution in [0.3, 0.4) is 0 Å². The molecule has 1 aliphatic heterocycles. The van der Waals surface area contributed by atoms with Crippen LogP contribution in [0.4, 0.5) is 0 Å². The van der Waals surface area contributed by atoms with Gasteiger partial charge in [-0.2, -0.15) is 0 Å². The van der Waals surface area contributed by atoms with Gasteiger partial charge >= 0.3 is 0 Å². The fourth-order valence-electron chi connectivity index (χ4n) is 1.66. The third-order valence-corrected chi connectivity index (χ3v) is 3.54. The first-order chi connectivity index (χ1) is 7.68. The summed E-state index contributed by atoms with van der Waals surface area (Å²) in [4.78, 5) is 25.6. The van der Waals surface area contributed by atoms with Crippen LogP contribution in [0.5, 0.6) is 0 Å². The molecular weight excluding hydrogens is 224 g/mol. The number of carbonyl (C=O) groups excluding carboxylic acids is 2. The molecule has 16 heavy (non-hydrogen) atoms. The Bertz CT molecular complexity index is 408. The number of amides is 1. The minimum atomic E-state index is 0.00982. The van der Waals surface area contributed by atoms with Crippen molar-refractivity contribution < 1.29 is 9.59 Å². The monoisotopic (exact) mass is 238 g/mol. The molecule has 0 aliphatic carbocycles. The van der Waals surface area contributed by atoms with Crippen LogP contribution in [-0.2, 0) is 0 Å². The van der Waals surface area contributed by atoms with Gasteiger partial charge < -0.3 is 10.2 Å². The minimum Gasteiger partial charge on any atom is -0.335 e. The Morgan fingerprint density at radius 2 is 2.06 bits per heavy atom. The molecule has 0 unspecified atom stereocenters. The van der Waals surface area contributed by atoms with E-state index in [1.807, 2.05) is 4.90 Å². The summed E-state index contributed by atoms with van der Waals surface area (Å²) in [6.45, 7) is 4.69. The van der Waals surface area contributed by atoms with Crippen molar-refractivity contribution in [3.8, 4) is 0 Å². The standard InChI is InChI=1S/C11H14N2O2S/c1-8(14)9-6-10(16-7-9)11(15)13-4-2-12-3-5-13/h6-7,12H,2-5H2,1H3. The van der Waals surface area contributed by atoms with Gasteiger partial charge in [0, 0.05) is 37.1 Å². The first kappa shape index (κ1) is 11.3. The molecule has 0 saturated carbocycles. The minimum absolute atomic E-state index is 0.00982. The lowest BCUT2D eigenvalue weighted by Gasteiger charge is -2.26. The van der Waals surface area contributed by atoms with Crippen LogP contribution in [0.1, 0.15) is 27.0 Å². The van der Waals surface area contributed by atoms with Crippen molar-refractivity contribution in [2.24, 2.45) is 0 Å². The molecule has 4 nitrogen and oxygen atoms in total. The lowest BCUT2D eigenvalue weighted by Crippen LogP contribution is -2.46. The first-order valence-corrected chi connectivity index (χ1v) is 6.16. The zero-order valence-corrected chi connectivity index (χ0v) is 9.97. The van der Waals surface area contributed by atoms with Crippen molar-refractivity contribution in [3.63, 3.8) is 0 Å². The SMILES string of the molecule is CC(=O)c1csc(C(=O)N2CCNCC2)c1. The Labute approximate surface area is 98.3 Å². The molecule has 2 heterocycles. The summed E-state index contributed by atoms with van der Waals surface area (Å²) >= 11 is 1.35. The number of hydrogen-bond donors (Lipinski definition) is 1. The van der Waals surface area contributed by atoms with Crippen molar-refractivity contribution in [3.05, 3.63) is 21.9 Å². The number of ketones is 1. The normalized spacial score (nSPS) is 16.2. The molecule has 1 aromatic heterocycles. The van der Waals surface area contributed by atoms with E-state index >= 15 is 0 Å². The van der Waals surface area contributed by atoms with E-state index in [1.54, 1.807) is 11.4 Å². The summed E-state index contributed by atoms with van der Waals surface area (Å²) in [7, 11) is 0. The molecule has 86 valence electrons. The number of nitrogens with one attached hydrogen (secondary N) is 1. The van der Waals surface area contributed by atoms with Crippen LogP contribution >= 0.6 is 11.3 Å². The molecule has 1 N–H and O–H groups in total. The number of hydrogen-bond acceptors (Lipinski definition) is 4. The van der Waals surface area contributed by atoms with Gasteiger partial charge in [0.1, 0.15) is 0 Å². The summed E-state index contributed by atoms with van der Waals surface area (Å²) in [6.07, 6.45) is 0. The van der Waals surface area contributed by atoms with Crippen LogP contribution < -0.4 is 5.32 Å². The van der Waals surface area contributed by atoms with E-state index in [9.17, 15) is 9.59 Å². The summed E-state index contributed by atoms with van der Waals surface area (Å²) in [5, 5.41) is 4.95. The largest absolute Gasteiger partial charge is 0.335 e. The Morgan fingerprint density at radius 1 is 1.38 bits per heavy atom. The third-order valence-electron chi connectivity index (χ3n) is 2.62. The average Bonchev–Trinajstić information content (AvgIpc) is 2.78. The predicted octanol–water partition coefficient (Wildman–Crippen LogP) is 0.996. The zero-order chi connectivity index (χ0) is 11.5. The van der Waals surface area contributed by atoms with Gasteiger partial charge in [-0.15, -0.1) is 11.3 Å². The molecule has 1 amide bonds. The average molecular weight is 238 g/mol. The van der Waals surface area contributed by atoms with Crippen LogP contribution in [0.25, 0.3) is 0 Å². The summed E-state index contributed by atoms with van der Waals surface area (Å²) in [5.41, 5.74) is 0.628. The van der Waals surface area contributed by atoms with E-state index in [1.165, 1.54) is 18.3 Å². The number of carbonyl (C=O) groups is 2. The van der Waals surface area contributed by atoms with E-state index in [0.29, 0.717) is 10.4 Å². The zero-order valence-electron chi connectivity index (χ0n) is 9.16. The maximum Gasteiger partial charge on any atom is 0.264 e. The van der Waals surface area contributed by atoms with Crippen molar-refractivity contribution in [1.29, 1.82) is 0 Å². The molecule has 1 fully saturated rings. The van der Waals surface area contributed by atoms with Gasteiger partial charge in [0.05, 0.1) is 4.88 Å². The summed E-state index contributed by atoms with van der Waals surface area (Å²) in [6, 6.07) is 1.69. The van der Waals surface area contributed by atoms with E-state index < -0.39 is 0 Å². The quantitative estimate of drug-likeness (QED) is 0.782. The molecule has 1 saturated heterocycles. The second-order valence-corrected chi connectivity index (χ2v) is 4.71. The number of thiophene rings is 1. The molecule has 0 atom stereocenters. The maximum absolute atomic E-state index is 12.0. The molecule has 0 bridgehead atoms. The van der Waals surface area contributed by atoms with Crippen LogP contribution in [0.2, 0.25) is 0 Å². The van der Waals surface area contributed by atoms with Crippen molar-refractivity contribution >= 4 is 23.0 Å². The van der Waals surface area contributed by atoms with E-state index in [-0.39, 0.29) is 11.7 Å². The number of Topliss-reactive ketones (excluding diaryl/α,β-unsaturated/α-hetero) is 1. The highest BCUT2D eigenvalue weighted by Gasteiger charge is 2.19. The van der Waals surface area contributed by atoms with E-state index in [4.69, 9.17) is 0 Å². The molecule has 1 aromatic rings. The lowest BCUT2D eigenvalue weighted by atomic mass is 10.2. The highest BCUT2D eigenvalue weighted by atomic mass is 32.1. The van der Waals surface area contributed by atoms with Gasteiger partial charge in [-0.3, -0.25) is 9.59 Å². The number of rotatable bonds is 2. The van der Waals surface area contributed by atoms with Crippen LogP contribution in [0.15, 0.2) is 11.4 Å². The Hall–Kier alpha value is -1.20. The summed E-state index contributed by atoms with van der Waals surface area (Å²) in [5.74, 6) is 0.0506. The molecule has 0 spiro atoms. The second-order valence-electron chi connectivity index (χ2n) is 3.80. The Morgan fingerprint density at radius 3 is 2.62 bits per heavy atom. The fourth-order valence-corrected chi connectivity index (χ4v) is 2.57. The van der Waals surface area contributed by atoms with Crippen LogP contribution in [0, 0.1) is 0 Å². The van der Waals surface area contributed by atoms with Gasteiger partial charge in [0.2, 0.25) is 0 Å². The second kappa shape index (κ2) is 4.76. The van der Waals surface area contributed by atoms with E-state index in [0.717, 1.165) is 26.2 Å². The molecule has 2 rings (SSSR count). The van der Waals surface area contributed by atoms with Crippen molar-refractivity contribution in [2.45, 2.75) is 6.92 Å². The molecule has 0 radical (unpaired) electrons. The third kappa shape index (κ3) is 2.31. The lowest BCUT2D eigenvalue weighted by molar-refractivity contribution is 0.0740. The number of nitrogens with zero attached hydrogens (tertiary/aromatic N) is 1. The predicted molar refractivity (Wildman–Crippen MR) is 63.1 cm³/mol. The number of piperazine rings is 1. The van der Waals surface area contributed by atoms with Gasteiger partial charge in [0.15, 0.2) is 5.78 Å². The fraction of sp³-hybridized carbons (Fsp3) is 0.455. The first-order valence-electron chi connectivity index (χ1n) is 5.28. The van der Waals surface area contributed by atoms with Crippen LogP contribution in [-0.4, -0.2) is 42.8 Å². The van der Waals surface area contributed by atoms with Gasteiger partial charge in [0.25, 0.3) is 5.91 Å². The molecule has 5 heteroatoms. The van der Waals surface area contributed by atoms with Crippen molar-refractivity contribution in [1.82, 2.24) is 10.2 Å². The summed E-state index contributed by atoms with van der Waals surface area (Å²) < 4.78 is 0. The van der Waals surface area contributed by atoms with Gasteiger partial charge in [-0.05, 0) is 13.0 Å². The Kier molecular flexibility index (Phi) is 3.36. The Balaban J connectivity index is 2.10. The smallest absolute Gasteiger partial charge is 0.264 e. The highest BCUT2D eigenvalue weighted by Crippen LogP contribution is 2.17. The van der Waals surface area contributed by atoms with Gasteiger partial charge in [-0.1, -0.05) is 0 Å². The molecular formula is C11H14N2O2S. The maximum atomic E-state index is 12.0. The molecule has 0 aromatic carbocycles. The van der Waals surface area contributed by atoms with Crippen molar-refractivity contribution in [2.75, 3.05) is 26.2 Å². The van der Waals surface area contributed by atoms with Gasteiger partial charge in [-0.25, -0.2) is 0 Å².